The largest absolute Gasteiger partial charge is 0.378 e. The molecule has 2 aromatic rings. The topological polar surface area (TPSA) is 85.4 Å². The molecule has 0 unspecified atom stereocenters. The van der Waals surface area contributed by atoms with Gasteiger partial charge in [0, 0.05) is 37.8 Å². The van der Waals surface area contributed by atoms with Crippen molar-refractivity contribution in [2.75, 3.05) is 37.7 Å². The lowest BCUT2D eigenvalue weighted by Gasteiger charge is -2.29. The standard InChI is InChI=1S/C19H27N5O2/c1-14-17(19(23(2)22-14)24-8-10-26-11-9-24)13-21-7-6-15-4-3-5-16(12-15)18(20)25/h3-5,12,21H,6-11,13H2,1-2H3,(H2,20,25). The Morgan fingerprint density at radius 3 is 2.85 bits per heavy atom. The van der Waals surface area contributed by atoms with Crippen molar-refractivity contribution in [1.29, 1.82) is 0 Å². The molecule has 1 aromatic heterocycles. The lowest BCUT2D eigenvalue weighted by molar-refractivity contribution is 0.1000. The molecular formula is C19H27N5O2. The second-order valence-corrected chi connectivity index (χ2v) is 6.60. The first-order valence-corrected chi connectivity index (χ1v) is 9.01. The summed E-state index contributed by atoms with van der Waals surface area (Å²) in [5.41, 5.74) is 9.29. The molecule has 1 aromatic carbocycles. The van der Waals surface area contributed by atoms with Gasteiger partial charge in [0.1, 0.15) is 5.82 Å². The fraction of sp³-hybridized carbons (Fsp3) is 0.474. The first-order chi connectivity index (χ1) is 12.6. The number of primary amides is 1. The van der Waals surface area contributed by atoms with Gasteiger partial charge in [-0.1, -0.05) is 12.1 Å². The maximum Gasteiger partial charge on any atom is 0.248 e. The second-order valence-electron chi connectivity index (χ2n) is 6.60. The molecule has 1 fully saturated rings. The number of hydrogen-bond acceptors (Lipinski definition) is 5. The fourth-order valence-corrected chi connectivity index (χ4v) is 3.39. The molecule has 0 bridgehead atoms. The van der Waals surface area contributed by atoms with Crippen molar-refractivity contribution in [3.05, 3.63) is 46.6 Å². The number of aromatic nitrogens is 2. The van der Waals surface area contributed by atoms with Gasteiger partial charge >= 0.3 is 0 Å². The van der Waals surface area contributed by atoms with Crippen molar-refractivity contribution >= 4 is 11.7 Å². The number of nitrogens with zero attached hydrogens (tertiary/aromatic N) is 3. The van der Waals surface area contributed by atoms with E-state index in [4.69, 9.17) is 10.5 Å². The molecule has 1 amide bonds. The van der Waals surface area contributed by atoms with Gasteiger partial charge in [-0.2, -0.15) is 5.10 Å². The normalized spacial score (nSPS) is 14.6. The number of carbonyl (C=O) groups excluding carboxylic acids is 1. The Morgan fingerprint density at radius 2 is 2.12 bits per heavy atom. The molecule has 7 nitrogen and oxygen atoms in total. The summed E-state index contributed by atoms with van der Waals surface area (Å²) in [4.78, 5) is 13.6. The summed E-state index contributed by atoms with van der Waals surface area (Å²) in [6.45, 7) is 6.94. The van der Waals surface area contributed by atoms with Gasteiger partial charge in [0.25, 0.3) is 0 Å². The third-order valence-electron chi connectivity index (χ3n) is 4.73. The van der Waals surface area contributed by atoms with Crippen molar-refractivity contribution in [1.82, 2.24) is 15.1 Å². The number of amides is 1. The summed E-state index contributed by atoms with van der Waals surface area (Å²) < 4.78 is 7.43. The van der Waals surface area contributed by atoms with Crippen molar-refractivity contribution in [3.8, 4) is 0 Å². The highest BCUT2D eigenvalue weighted by Crippen LogP contribution is 2.24. The Bertz CT molecular complexity index is 765. The third kappa shape index (κ3) is 4.23. The van der Waals surface area contributed by atoms with Crippen LogP contribution >= 0.6 is 0 Å². The highest BCUT2D eigenvalue weighted by Gasteiger charge is 2.20. The van der Waals surface area contributed by atoms with Gasteiger partial charge < -0.3 is 20.7 Å². The van der Waals surface area contributed by atoms with E-state index in [0.29, 0.717) is 5.56 Å². The van der Waals surface area contributed by atoms with Crippen LogP contribution in [0.5, 0.6) is 0 Å². The van der Waals surface area contributed by atoms with Gasteiger partial charge in [-0.15, -0.1) is 0 Å². The SMILES string of the molecule is Cc1nn(C)c(N2CCOCC2)c1CNCCc1cccc(C(N)=O)c1. The summed E-state index contributed by atoms with van der Waals surface area (Å²) >= 11 is 0. The molecule has 0 aliphatic carbocycles. The van der Waals surface area contributed by atoms with Crippen LogP contribution < -0.4 is 16.0 Å². The van der Waals surface area contributed by atoms with Gasteiger partial charge in [0.15, 0.2) is 0 Å². The highest BCUT2D eigenvalue weighted by atomic mass is 16.5. The highest BCUT2D eigenvalue weighted by molar-refractivity contribution is 5.92. The van der Waals surface area contributed by atoms with Crippen LogP contribution in [-0.4, -0.2) is 48.5 Å². The summed E-state index contributed by atoms with van der Waals surface area (Å²) in [7, 11) is 2.00. The Balaban J connectivity index is 1.60. The minimum Gasteiger partial charge on any atom is -0.378 e. The van der Waals surface area contributed by atoms with E-state index >= 15 is 0 Å². The Kier molecular flexibility index (Phi) is 5.90. The van der Waals surface area contributed by atoms with Gasteiger partial charge in [-0.25, -0.2) is 0 Å². The molecule has 26 heavy (non-hydrogen) atoms. The zero-order chi connectivity index (χ0) is 18.5. The first kappa shape index (κ1) is 18.4. The van der Waals surface area contributed by atoms with Crippen molar-refractivity contribution in [2.24, 2.45) is 12.8 Å². The van der Waals surface area contributed by atoms with E-state index in [0.717, 1.165) is 57.1 Å². The number of aryl methyl sites for hydroxylation is 2. The molecule has 3 rings (SSSR count). The van der Waals surface area contributed by atoms with Gasteiger partial charge in [-0.3, -0.25) is 9.48 Å². The van der Waals surface area contributed by atoms with Crippen LogP contribution in [0.15, 0.2) is 24.3 Å². The molecule has 140 valence electrons. The Labute approximate surface area is 154 Å². The summed E-state index contributed by atoms with van der Waals surface area (Å²) in [5.74, 6) is 0.787. The maximum absolute atomic E-state index is 11.3. The van der Waals surface area contributed by atoms with E-state index in [1.807, 2.05) is 29.9 Å². The Hall–Kier alpha value is -2.38. The van der Waals surface area contributed by atoms with Crippen LogP contribution in [0.2, 0.25) is 0 Å². The van der Waals surface area contributed by atoms with Crippen LogP contribution in [0, 0.1) is 6.92 Å². The number of ether oxygens (including phenoxy) is 1. The molecule has 0 saturated carbocycles. The lowest BCUT2D eigenvalue weighted by Crippen LogP contribution is -2.38. The monoisotopic (exact) mass is 357 g/mol. The third-order valence-corrected chi connectivity index (χ3v) is 4.73. The molecule has 1 saturated heterocycles. The molecule has 0 atom stereocenters. The summed E-state index contributed by atoms with van der Waals surface area (Å²) in [6.07, 6.45) is 0.841. The van der Waals surface area contributed by atoms with E-state index in [9.17, 15) is 4.79 Å². The predicted molar refractivity (Wildman–Crippen MR) is 101 cm³/mol. The average molecular weight is 357 g/mol. The number of morpholine rings is 1. The van der Waals surface area contributed by atoms with Crippen molar-refractivity contribution in [2.45, 2.75) is 19.9 Å². The molecule has 7 heteroatoms. The molecule has 1 aliphatic heterocycles. The van der Waals surface area contributed by atoms with Crippen LogP contribution in [0.25, 0.3) is 0 Å². The molecule has 0 radical (unpaired) electrons. The van der Waals surface area contributed by atoms with Crippen LogP contribution in [0.4, 0.5) is 5.82 Å². The molecule has 3 N–H and O–H groups in total. The Morgan fingerprint density at radius 1 is 1.35 bits per heavy atom. The summed E-state index contributed by atoms with van der Waals surface area (Å²) in [5, 5.41) is 8.10. The van der Waals surface area contributed by atoms with Crippen molar-refractivity contribution < 1.29 is 9.53 Å². The fourth-order valence-electron chi connectivity index (χ4n) is 3.39. The number of carbonyl (C=O) groups is 1. The van der Waals surface area contributed by atoms with E-state index < -0.39 is 0 Å². The number of rotatable bonds is 7. The van der Waals surface area contributed by atoms with Crippen LogP contribution in [-0.2, 0) is 24.8 Å². The first-order valence-electron chi connectivity index (χ1n) is 9.01. The quantitative estimate of drug-likeness (QED) is 0.722. The van der Waals surface area contributed by atoms with E-state index in [1.165, 1.54) is 11.4 Å². The smallest absolute Gasteiger partial charge is 0.248 e. The zero-order valence-electron chi connectivity index (χ0n) is 15.5. The molecule has 0 spiro atoms. The number of anilines is 1. The molecule has 1 aliphatic rings. The van der Waals surface area contributed by atoms with E-state index in [-0.39, 0.29) is 5.91 Å². The number of benzene rings is 1. The number of nitrogens with two attached hydrogens (primary N) is 1. The molecule has 2 heterocycles. The average Bonchev–Trinajstić information content (AvgIpc) is 2.93. The van der Waals surface area contributed by atoms with Crippen molar-refractivity contribution in [3.63, 3.8) is 0 Å². The lowest BCUT2D eigenvalue weighted by atomic mass is 10.1. The van der Waals surface area contributed by atoms with Crippen LogP contribution in [0.3, 0.4) is 0 Å². The maximum atomic E-state index is 11.3. The van der Waals surface area contributed by atoms with E-state index in [2.05, 4.69) is 22.2 Å². The second kappa shape index (κ2) is 8.33. The minimum atomic E-state index is -0.388. The molecular weight excluding hydrogens is 330 g/mol. The van der Waals surface area contributed by atoms with Crippen LogP contribution in [0.1, 0.15) is 27.2 Å². The number of nitrogens with one attached hydrogen (secondary N) is 1. The predicted octanol–water partition coefficient (Wildman–Crippen LogP) is 0.996. The number of hydrogen-bond donors (Lipinski definition) is 2. The summed E-state index contributed by atoms with van der Waals surface area (Å²) in [6, 6.07) is 7.49. The van der Waals surface area contributed by atoms with Gasteiger partial charge in [0.2, 0.25) is 5.91 Å². The van der Waals surface area contributed by atoms with Gasteiger partial charge in [0.05, 0.1) is 18.9 Å². The minimum absolute atomic E-state index is 0.388. The zero-order valence-corrected chi connectivity index (χ0v) is 15.5. The van der Waals surface area contributed by atoms with Gasteiger partial charge in [-0.05, 0) is 37.6 Å². The van der Waals surface area contributed by atoms with E-state index in [1.54, 1.807) is 6.07 Å².